The molecule has 21 heavy (non-hydrogen) atoms. The van der Waals surface area contributed by atoms with Gasteiger partial charge in [0, 0.05) is 12.1 Å². The van der Waals surface area contributed by atoms with Crippen LogP contribution in [0.1, 0.15) is 16.8 Å². The van der Waals surface area contributed by atoms with Crippen LogP contribution in [-0.4, -0.2) is 10.1 Å². The highest BCUT2D eigenvalue weighted by atomic mass is 19.4. The zero-order valence-electron chi connectivity index (χ0n) is 10.6. The number of rotatable bonds is 3. The smallest absolute Gasteiger partial charge is 0.433 e. The number of benzene rings is 1. The molecule has 0 aliphatic carbocycles. The van der Waals surface area contributed by atoms with E-state index in [1.165, 1.54) is 6.07 Å². The van der Waals surface area contributed by atoms with E-state index in [0.29, 0.717) is 5.56 Å². The second-order valence-corrected chi connectivity index (χ2v) is 4.18. The van der Waals surface area contributed by atoms with Crippen molar-refractivity contribution in [2.24, 2.45) is 0 Å². The molecule has 7 heteroatoms. The largest absolute Gasteiger partial charge is 0.508 e. The fourth-order valence-corrected chi connectivity index (χ4v) is 1.68. The maximum Gasteiger partial charge on any atom is 0.433 e. The van der Waals surface area contributed by atoms with Gasteiger partial charge in [-0.2, -0.15) is 18.4 Å². The lowest BCUT2D eigenvalue weighted by atomic mass is 10.2. The van der Waals surface area contributed by atoms with Gasteiger partial charge < -0.3 is 10.4 Å². The number of anilines is 1. The summed E-state index contributed by atoms with van der Waals surface area (Å²) in [7, 11) is 0. The number of hydrogen-bond donors (Lipinski definition) is 2. The SMILES string of the molecule is N#Cc1ccc(C(F)(F)F)nc1NCc1ccccc1O. The van der Waals surface area contributed by atoms with Crippen LogP contribution in [0.3, 0.4) is 0 Å². The number of aromatic nitrogens is 1. The number of nitrogens with one attached hydrogen (secondary N) is 1. The van der Waals surface area contributed by atoms with Gasteiger partial charge >= 0.3 is 6.18 Å². The van der Waals surface area contributed by atoms with Crippen molar-refractivity contribution < 1.29 is 18.3 Å². The van der Waals surface area contributed by atoms with Gasteiger partial charge in [-0.25, -0.2) is 4.98 Å². The maximum absolute atomic E-state index is 12.6. The molecule has 1 heterocycles. The van der Waals surface area contributed by atoms with Crippen LogP contribution in [0.2, 0.25) is 0 Å². The minimum Gasteiger partial charge on any atom is -0.508 e. The highest BCUT2D eigenvalue weighted by Gasteiger charge is 2.33. The number of aromatic hydroxyl groups is 1. The first-order valence-corrected chi connectivity index (χ1v) is 5.91. The number of alkyl halides is 3. The molecule has 0 bridgehead atoms. The third-order valence-electron chi connectivity index (χ3n) is 2.74. The third-order valence-corrected chi connectivity index (χ3v) is 2.74. The number of phenolic OH excluding ortho intramolecular Hbond substituents is 1. The highest BCUT2D eigenvalue weighted by Crippen LogP contribution is 2.29. The summed E-state index contributed by atoms with van der Waals surface area (Å²) in [5.41, 5.74) is -0.597. The number of halogens is 3. The lowest BCUT2D eigenvalue weighted by molar-refractivity contribution is -0.141. The van der Waals surface area contributed by atoms with Gasteiger partial charge in [0.1, 0.15) is 23.3 Å². The lowest BCUT2D eigenvalue weighted by Crippen LogP contribution is -2.11. The molecule has 0 saturated heterocycles. The van der Waals surface area contributed by atoms with Crippen molar-refractivity contribution in [1.82, 2.24) is 4.98 Å². The van der Waals surface area contributed by atoms with Gasteiger partial charge in [0.2, 0.25) is 0 Å². The summed E-state index contributed by atoms with van der Waals surface area (Å²) in [5, 5.41) is 21.1. The fraction of sp³-hybridized carbons (Fsp3) is 0.143. The molecule has 4 nitrogen and oxygen atoms in total. The molecule has 0 aliphatic heterocycles. The van der Waals surface area contributed by atoms with Crippen molar-refractivity contribution in [1.29, 1.82) is 5.26 Å². The Morgan fingerprint density at radius 3 is 2.52 bits per heavy atom. The van der Waals surface area contributed by atoms with Crippen LogP contribution >= 0.6 is 0 Å². The molecular weight excluding hydrogens is 283 g/mol. The Kier molecular flexibility index (Phi) is 3.98. The van der Waals surface area contributed by atoms with E-state index in [9.17, 15) is 18.3 Å². The van der Waals surface area contributed by atoms with Crippen LogP contribution in [0.25, 0.3) is 0 Å². The summed E-state index contributed by atoms with van der Waals surface area (Å²) in [5.74, 6) is -0.161. The molecule has 0 fully saturated rings. The average molecular weight is 293 g/mol. The van der Waals surface area contributed by atoms with Crippen LogP contribution in [-0.2, 0) is 12.7 Å². The van der Waals surface area contributed by atoms with Crippen molar-refractivity contribution in [3.05, 3.63) is 53.2 Å². The predicted octanol–water partition coefficient (Wildman–Crippen LogP) is 3.29. The Bertz CT molecular complexity index is 693. The number of pyridine rings is 1. The van der Waals surface area contributed by atoms with Crippen molar-refractivity contribution in [2.75, 3.05) is 5.32 Å². The van der Waals surface area contributed by atoms with Crippen LogP contribution in [0, 0.1) is 11.3 Å². The van der Waals surface area contributed by atoms with Gasteiger partial charge in [-0.05, 0) is 18.2 Å². The van der Waals surface area contributed by atoms with E-state index in [-0.39, 0.29) is 23.7 Å². The van der Waals surface area contributed by atoms with Gasteiger partial charge in [0.25, 0.3) is 0 Å². The second-order valence-electron chi connectivity index (χ2n) is 4.18. The Balaban J connectivity index is 2.27. The quantitative estimate of drug-likeness (QED) is 0.911. The Hall–Kier alpha value is -2.75. The van der Waals surface area contributed by atoms with Crippen LogP contribution in [0.15, 0.2) is 36.4 Å². The molecule has 0 atom stereocenters. The minimum absolute atomic E-state index is 0.00146. The topological polar surface area (TPSA) is 68.9 Å². The average Bonchev–Trinajstić information content (AvgIpc) is 2.45. The summed E-state index contributed by atoms with van der Waals surface area (Å²) in [4.78, 5) is 3.42. The lowest BCUT2D eigenvalue weighted by Gasteiger charge is -2.11. The molecule has 0 aliphatic rings. The summed E-state index contributed by atoms with van der Waals surface area (Å²) in [6, 6.07) is 9.96. The van der Waals surface area contributed by atoms with Gasteiger partial charge in [0.05, 0.1) is 5.56 Å². The summed E-state index contributed by atoms with van der Waals surface area (Å²) >= 11 is 0. The molecule has 2 rings (SSSR count). The first-order chi connectivity index (χ1) is 9.91. The highest BCUT2D eigenvalue weighted by molar-refractivity contribution is 5.53. The van der Waals surface area contributed by atoms with Crippen LogP contribution < -0.4 is 5.32 Å². The summed E-state index contributed by atoms with van der Waals surface area (Å²) < 4.78 is 37.9. The molecule has 0 spiro atoms. The zero-order valence-corrected chi connectivity index (χ0v) is 10.6. The first-order valence-electron chi connectivity index (χ1n) is 5.91. The van der Waals surface area contributed by atoms with E-state index in [1.54, 1.807) is 24.3 Å². The molecule has 0 radical (unpaired) electrons. The van der Waals surface area contributed by atoms with E-state index in [2.05, 4.69) is 10.3 Å². The molecule has 2 aromatic rings. The Labute approximate surface area is 118 Å². The number of hydrogen-bond acceptors (Lipinski definition) is 4. The van der Waals surface area contributed by atoms with Crippen molar-refractivity contribution in [2.45, 2.75) is 12.7 Å². The first kappa shape index (κ1) is 14.7. The van der Waals surface area contributed by atoms with Crippen molar-refractivity contribution >= 4 is 5.82 Å². The summed E-state index contributed by atoms with van der Waals surface area (Å²) in [6.45, 7) is 0.0513. The van der Waals surface area contributed by atoms with Crippen LogP contribution in [0.4, 0.5) is 19.0 Å². The summed E-state index contributed by atoms with van der Waals surface area (Å²) in [6.07, 6.45) is -4.58. The van der Waals surface area contributed by atoms with E-state index in [1.807, 2.05) is 0 Å². The molecular formula is C14H10F3N3O. The fourth-order valence-electron chi connectivity index (χ4n) is 1.68. The number of nitrogens with zero attached hydrogens (tertiary/aromatic N) is 2. The Morgan fingerprint density at radius 1 is 1.19 bits per heavy atom. The van der Waals surface area contributed by atoms with Gasteiger partial charge in [0.15, 0.2) is 0 Å². The van der Waals surface area contributed by atoms with E-state index in [4.69, 9.17) is 5.26 Å². The molecule has 108 valence electrons. The van der Waals surface area contributed by atoms with E-state index < -0.39 is 11.9 Å². The molecule has 0 saturated carbocycles. The zero-order chi connectivity index (χ0) is 15.5. The van der Waals surface area contributed by atoms with E-state index in [0.717, 1.165) is 12.1 Å². The standard InChI is InChI=1S/C14H10F3N3O/c15-14(16,17)12-6-5-9(7-18)13(20-12)19-8-10-3-1-2-4-11(10)21/h1-6,21H,8H2,(H,19,20). The molecule has 2 N–H and O–H groups in total. The second kappa shape index (κ2) is 5.71. The minimum atomic E-state index is -4.58. The maximum atomic E-state index is 12.6. The molecule has 1 aromatic carbocycles. The predicted molar refractivity (Wildman–Crippen MR) is 69.4 cm³/mol. The Morgan fingerprint density at radius 2 is 1.90 bits per heavy atom. The number of phenols is 1. The van der Waals surface area contributed by atoms with Crippen molar-refractivity contribution in [3.8, 4) is 11.8 Å². The molecule has 0 amide bonds. The van der Waals surface area contributed by atoms with Gasteiger partial charge in [-0.1, -0.05) is 18.2 Å². The number of para-hydroxylation sites is 1. The molecule has 0 unspecified atom stereocenters. The van der Waals surface area contributed by atoms with Gasteiger partial charge in [-0.3, -0.25) is 0 Å². The monoisotopic (exact) mass is 293 g/mol. The van der Waals surface area contributed by atoms with E-state index >= 15 is 0 Å². The third kappa shape index (κ3) is 3.42. The normalized spacial score (nSPS) is 11.0. The van der Waals surface area contributed by atoms with Gasteiger partial charge in [-0.15, -0.1) is 0 Å². The van der Waals surface area contributed by atoms with Crippen molar-refractivity contribution in [3.63, 3.8) is 0 Å². The van der Waals surface area contributed by atoms with Crippen LogP contribution in [0.5, 0.6) is 5.75 Å². The molecule has 1 aromatic heterocycles. The number of nitriles is 1.